The molecule has 0 saturated heterocycles. The van der Waals surface area contributed by atoms with Crippen LogP contribution in [0.4, 0.5) is 0 Å². The Hall–Kier alpha value is -0.0400. The Morgan fingerprint density at radius 1 is 0.324 bits per heavy atom. The molecule has 37 heavy (non-hydrogen) atoms. The second-order valence-corrected chi connectivity index (χ2v) is 12.6. The molecule has 0 aromatic carbocycles. The van der Waals surface area contributed by atoms with Gasteiger partial charge in [-0.05, 0) is 19.8 Å². The van der Waals surface area contributed by atoms with E-state index in [1.165, 1.54) is 180 Å². The average molecular weight is 522 g/mol. The fourth-order valence-electron chi connectivity index (χ4n) is 5.78. The van der Waals surface area contributed by atoms with E-state index in [4.69, 9.17) is 0 Å². The SMILES string of the molecule is [CH2]C(O)(CCCCCCCCCCCCCCCC)CCCCCCCCCCCCCCCCCC. The van der Waals surface area contributed by atoms with Crippen molar-refractivity contribution in [3.8, 4) is 0 Å². The highest BCUT2D eigenvalue weighted by Gasteiger charge is 2.18. The second kappa shape index (κ2) is 30.5. The number of hydrogen-bond donors (Lipinski definition) is 1. The molecule has 0 rings (SSSR count). The van der Waals surface area contributed by atoms with E-state index in [0.717, 1.165) is 25.7 Å². The Balaban J connectivity index is 3.27. The number of unbranched alkanes of at least 4 members (excludes halogenated alkanes) is 28. The maximum absolute atomic E-state index is 10.6. The Morgan fingerprint density at radius 3 is 0.676 bits per heavy atom. The van der Waals surface area contributed by atoms with Crippen molar-refractivity contribution in [1.29, 1.82) is 0 Å². The molecule has 1 unspecified atom stereocenters. The molecular formula is C36H73O. The van der Waals surface area contributed by atoms with Gasteiger partial charge in [0.15, 0.2) is 0 Å². The quantitative estimate of drug-likeness (QED) is 0.0872. The second-order valence-electron chi connectivity index (χ2n) is 12.6. The van der Waals surface area contributed by atoms with E-state index < -0.39 is 5.60 Å². The summed E-state index contributed by atoms with van der Waals surface area (Å²) in [5.74, 6) is 0. The zero-order valence-electron chi connectivity index (χ0n) is 26.3. The van der Waals surface area contributed by atoms with E-state index in [0.29, 0.717) is 0 Å². The number of rotatable bonds is 32. The zero-order valence-corrected chi connectivity index (χ0v) is 26.3. The van der Waals surface area contributed by atoms with Crippen molar-refractivity contribution in [3.63, 3.8) is 0 Å². The first kappa shape index (κ1) is 37.0. The minimum Gasteiger partial charge on any atom is -0.390 e. The average Bonchev–Trinajstić information content (AvgIpc) is 2.88. The molecule has 0 saturated carbocycles. The fraction of sp³-hybridized carbons (Fsp3) is 0.972. The van der Waals surface area contributed by atoms with Crippen molar-refractivity contribution in [3.05, 3.63) is 6.92 Å². The molecule has 223 valence electrons. The van der Waals surface area contributed by atoms with Crippen LogP contribution in [0.5, 0.6) is 0 Å². The lowest BCUT2D eigenvalue weighted by atomic mass is 9.91. The largest absolute Gasteiger partial charge is 0.390 e. The topological polar surface area (TPSA) is 20.2 Å². The maximum Gasteiger partial charge on any atom is 0.0648 e. The molecule has 1 heteroatoms. The normalized spacial score (nSPS) is 13.3. The first-order chi connectivity index (χ1) is 18.1. The van der Waals surface area contributed by atoms with Gasteiger partial charge in [0.2, 0.25) is 0 Å². The third kappa shape index (κ3) is 32.1. The number of hydrogen-bond acceptors (Lipinski definition) is 1. The molecule has 1 radical (unpaired) electrons. The van der Waals surface area contributed by atoms with Crippen LogP contribution in [0.15, 0.2) is 0 Å². The molecule has 0 aliphatic heterocycles. The summed E-state index contributed by atoms with van der Waals surface area (Å²) in [4.78, 5) is 0. The Kier molecular flexibility index (Phi) is 30.5. The van der Waals surface area contributed by atoms with Gasteiger partial charge >= 0.3 is 0 Å². The van der Waals surface area contributed by atoms with Crippen LogP contribution < -0.4 is 0 Å². The first-order valence-electron chi connectivity index (χ1n) is 17.7. The Bertz CT molecular complexity index is 401. The predicted octanol–water partition coefficient (Wildman–Crippen LogP) is 13.1. The van der Waals surface area contributed by atoms with E-state index in [1.54, 1.807) is 0 Å². The molecule has 1 nitrogen and oxygen atoms in total. The molecule has 0 aliphatic rings. The van der Waals surface area contributed by atoms with Gasteiger partial charge in [-0.3, -0.25) is 0 Å². The minimum atomic E-state index is -0.673. The molecule has 1 atom stereocenters. The molecule has 0 amide bonds. The van der Waals surface area contributed by atoms with Gasteiger partial charge in [0.25, 0.3) is 0 Å². The molecule has 0 spiro atoms. The van der Waals surface area contributed by atoms with Gasteiger partial charge < -0.3 is 5.11 Å². The van der Waals surface area contributed by atoms with Gasteiger partial charge in [0, 0.05) is 0 Å². The zero-order chi connectivity index (χ0) is 27.1. The summed E-state index contributed by atoms with van der Waals surface area (Å²) in [7, 11) is 0. The van der Waals surface area contributed by atoms with Crippen LogP contribution in [0, 0.1) is 6.92 Å². The molecular weight excluding hydrogens is 448 g/mol. The lowest BCUT2D eigenvalue weighted by Crippen LogP contribution is -2.24. The van der Waals surface area contributed by atoms with Crippen molar-refractivity contribution < 1.29 is 5.11 Å². The third-order valence-electron chi connectivity index (χ3n) is 8.49. The molecule has 0 aromatic heterocycles. The van der Waals surface area contributed by atoms with Crippen molar-refractivity contribution in [2.24, 2.45) is 0 Å². The monoisotopic (exact) mass is 522 g/mol. The Labute approximate surface area is 236 Å². The highest BCUT2D eigenvalue weighted by molar-refractivity contribution is 4.80. The lowest BCUT2D eigenvalue weighted by molar-refractivity contribution is 0.0633. The van der Waals surface area contributed by atoms with Crippen LogP contribution in [0.25, 0.3) is 0 Å². The van der Waals surface area contributed by atoms with Crippen LogP contribution in [-0.2, 0) is 0 Å². The molecule has 0 aromatic rings. The molecule has 0 heterocycles. The van der Waals surface area contributed by atoms with Crippen molar-refractivity contribution in [1.82, 2.24) is 0 Å². The van der Waals surface area contributed by atoms with Gasteiger partial charge in [-0.1, -0.05) is 206 Å². The lowest BCUT2D eigenvalue weighted by Gasteiger charge is -2.23. The molecule has 0 bridgehead atoms. The highest BCUT2D eigenvalue weighted by Crippen LogP contribution is 2.23. The summed E-state index contributed by atoms with van der Waals surface area (Å²) in [6.07, 6.45) is 43.6. The minimum absolute atomic E-state index is 0.673. The van der Waals surface area contributed by atoms with Gasteiger partial charge in [0.05, 0.1) is 5.60 Å². The first-order valence-corrected chi connectivity index (χ1v) is 17.7. The van der Waals surface area contributed by atoms with E-state index in [9.17, 15) is 5.11 Å². The summed E-state index contributed by atoms with van der Waals surface area (Å²) in [6, 6.07) is 0. The van der Waals surface area contributed by atoms with Gasteiger partial charge in [-0.2, -0.15) is 0 Å². The standard InChI is InChI=1S/C36H73O/c1-4-6-8-10-12-14-16-18-20-21-23-25-27-29-31-33-35-36(3,37)34-32-30-28-26-24-22-19-17-15-13-11-9-7-5-2/h37H,3-35H2,1-2H3. The third-order valence-corrected chi connectivity index (χ3v) is 8.49. The summed E-state index contributed by atoms with van der Waals surface area (Å²) in [5.41, 5.74) is -0.673. The smallest absolute Gasteiger partial charge is 0.0648 e. The maximum atomic E-state index is 10.6. The van der Waals surface area contributed by atoms with Crippen LogP contribution in [0.2, 0.25) is 0 Å². The van der Waals surface area contributed by atoms with E-state index >= 15 is 0 Å². The molecule has 0 aliphatic carbocycles. The van der Waals surface area contributed by atoms with E-state index in [1.807, 2.05) is 0 Å². The van der Waals surface area contributed by atoms with Crippen molar-refractivity contribution in [2.75, 3.05) is 0 Å². The summed E-state index contributed by atoms with van der Waals surface area (Å²) in [5, 5.41) is 10.6. The number of aliphatic hydroxyl groups is 1. The van der Waals surface area contributed by atoms with Crippen LogP contribution in [-0.4, -0.2) is 10.7 Å². The van der Waals surface area contributed by atoms with Crippen LogP contribution >= 0.6 is 0 Å². The summed E-state index contributed by atoms with van der Waals surface area (Å²) >= 11 is 0. The fourth-order valence-corrected chi connectivity index (χ4v) is 5.78. The van der Waals surface area contributed by atoms with Gasteiger partial charge in [0.1, 0.15) is 0 Å². The predicted molar refractivity (Wildman–Crippen MR) is 169 cm³/mol. The van der Waals surface area contributed by atoms with Crippen molar-refractivity contribution >= 4 is 0 Å². The molecule has 1 N–H and O–H groups in total. The van der Waals surface area contributed by atoms with Crippen LogP contribution in [0.1, 0.15) is 219 Å². The van der Waals surface area contributed by atoms with E-state index in [2.05, 4.69) is 20.8 Å². The van der Waals surface area contributed by atoms with E-state index in [-0.39, 0.29) is 0 Å². The molecule has 0 fully saturated rings. The summed E-state index contributed by atoms with van der Waals surface area (Å²) < 4.78 is 0. The van der Waals surface area contributed by atoms with Gasteiger partial charge in [-0.25, -0.2) is 0 Å². The van der Waals surface area contributed by atoms with Crippen molar-refractivity contribution in [2.45, 2.75) is 225 Å². The summed E-state index contributed by atoms with van der Waals surface area (Å²) in [6.45, 7) is 8.72. The Morgan fingerprint density at radius 2 is 0.486 bits per heavy atom. The van der Waals surface area contributed by atoms with Gasteiger partial charge in [-0.15, -0.1) is 0 Å². The van der Waals surface area contributed by atoms with Crippen LogP contribution in [0.3, 0.4) is 0 Å². The highest BCUT2D eigenvalue weighted by atomic mass is 16.3.